The normalized spacial score (nSPS) is 10.5. The fraction of sp³-hybridized carbons (Fsp3) is 0.118. The molecular formula is C17H13FN2O4S. The number of carbonyl (C=O) groups is 2. The Morgan fingerprint density at radius 1 is 1.24 bits per heavy atom. The van der Waals surface area contributed by atoms with Gasteiger partial charge < -0.3 is 9.15 Å². The minimum atomic E-state index is -0.475. The second-order valence-electron chi connectivity index (χ2n) is 5.06. The second kappa shape index (κ2) is 7.27. The van der Waals surface area contributed by atoms with Gasteiger partial charge in [0.15, 0.2) is 16.7 Å². The number of Topliss-reactive ketones (excluding diaryl/α,β-unsaturated/α-hetero) is 1. The van der Waals surface area contributed by atoms with Crippen molar-refractivity contribution in [2.75, 3.05) is 5.32 Å². The molecule has 1 N–H and O–H groups in total. The lowest BCUT2D eigenvalue weighted by molar-refractivity contribution is 0.0987. The lowest BCUT2D eigenvalue weighted by Crippen LogP contribution is -2.11. The number of benzene rings is 1. The maximum Gasteiger partial charge on any atom is 0.293 e. The Labute approximate surface area is 146 Å². The van der Waals surface area contributed by atoms with E-state index in [4.69, 9.17) is 9.15 Å². The SMILES string of the molecule is CC(=O)c1csc(NC(=O)c2ccc(COc3ccc(F)cc3)o2)n1. The number of ether oxygens (including phenoxy) is 1. The highest BCUT2D eigenvalue weighted by molar-refractivity contribution is 7.14. The van der Waals surface area contributed by atoms with Crippen LogP contribution in [0.1, 0.15) is 33.7 Å². The average Bonchev–Trinajstić information content (AvgIpc) is 3.23. The number of anilines is 1. The van der Waals surface area contributed by atoms with E-state index in [9.17, 15) is 14.0 Å². The van der Waals surface area contributed by atoms with Crippen molar-refractivity contribution >= 4 is 28.2 Å². The van der Waals surface area contributed by atoms with Crippen LogP contribution in [0.4, 0.5) is 9.52 Å². The molecule has 3 rings (SSSR count). The molecule has 0 spiro atoms. The van der Waals surface area contributed by atoms with Gasteiger partial charge >= 0.3 is 0 Å². The van der Waals surface area contributed by atoms with E-state index in [0.717, 1.165) is 11.3 Å². The van der Waals surface area contributed by atoms with E-state index in [-0.39, 0.29) is 24.0 Å². The van der Waals surface area contributed by atoms with Gasteiger partial charge in [-0.25, -0.2) is 9.37 Å². The summed E-state index contributed by atoms with van der Waals surface area (Å²) >= 11 is 1.16. The number of aromatic nitrogens is 1. The lowest BCUT2D eigenvalue weighted by atomic mass is 10.3. The topological polar surface area (TPSA) is 81.4 Å². The van der Waals surface area contributed by atoms with Gasteiger partial charge in [0.2, 0.25) is 0 Å². The number of nitrogens with one attached hydrogen (secondary N) is 1. The summed E-state index contributed by atoms with van der Waals surface area (Å²) in [5.74, 6) is 0.0329. The highest BCUT2D eigenvalue weighted by Gasteiger charge is 2.14. The van der Waals surface area contributed by atoms with Crippen molar-refractivity contribution in [2.24, 2.45) is 0 Å². The maximum atomic E-state index is 12.8. The maximum absolute atomic E-state index is 12.8. The summed E-state index contributed by atoms with van der Waals surface area (Å²) in [4.78, 5) is 27.3. The van der Waals surface area contributed by atoms with Gasteiger partial charge in [0.1, 0.15) is 29.6 Å². The molecule has 0 saturated heterocycles. The van der Waals surface area contributed by atoms with Crippen molar-refractivity contribution in [3.8, 4) is 5.75 Å². The fourth-order valence-corrected chi connectivity index (χ4v) is 2.66. The number of thiazole rings is 1. The Hall–Kier alpha value is -3.00. The van der Waals surface area contributed by atoms with Gasteiger partial charge in [-0.05, 0) is 36.4 Å². The van der Waals surface area contributed by atoms with E-state index in [1.165, 1.54) is 37.3 Å². The number of carbonyl (C=O) groups excluding carboxylic acids is 2. The molecule has 0 radical (unpaired) electrons. The van der Waals surface area contributed by atoms with Crippen molar-refractivity contribution in [3.05, 3.63) is 64.8 Å². The van der Waals surface area contributed by atoms with Crippen molar-refractivity contribution in [1.82, 2.24) is 4.98 Å². The Balaban J connectivity index is 1.59. The van der Waals surface area contributed by atoms with Crippen molar-refractivity contribution in [3.63, 3.8) is 0 Å². The molecule has 0 bridgehead atoms. The van der Waals surface area contributed by atoms with Crippen LogP contribution in [-0.4, -0.2) is 16.7 Å². The highest BCUT2D eigenvalue weighted by Crippen LogP contribution is 2.19. The standard InChI is InChI=1S/C17H13FN2O4S/c1-10(21)14-9-25-17(19-14)20-16(22)15-7-6-13(24-15)8-23-12-4-2-11(18)3-5-12/h2-7,9H,8H2,1H3,(H,19,20,22). The molecule has 0 saturated carbocycles. The molecule has 0 atom stereocenters. The Morgan fingerprint density at radius 3 is 2.68 bits per heavy atom. The minimum absolute atomic E-state index is 0.0947. The average molecular weight is 360 g/mol. The summed E-state index contributed by atoms with van der Waals surface area (Å²) in [6, 6.07) is 8.71. The third kappa shape index (κ3) is 4.30. The molecule has 25 heavy (non-hydrogen) atoms. The van der Waals surface area contributed by atoms with E-state index in [1.807, 2.05) is 0 Å². The zero-order chi connectivity index (χ0) is 17.8. The van der Waals surface area contributed by atoms with Crippen molar-refractivity contribution in [1.29, 1.82) is 0 Å². The molecule has 1 amide bonds. The molecule has 2 aromatic heterocycles. The first-order chi connectivity index (χ1) is 12.0. The molecule has 3 aromatic rings. The molecule has 0 unspecified atom stereocenters. The number of rotatable bonds is 6. The summed E-state index contributed by atoms with van der Waals surface area (Å²) in [6.45, 7) is 1.51. The van der Waals surface area contributed by atoms with E-state index >= 15 is 0 Å². The molecule has 1 aromatic carbocycles. The van der Waals surface area contributed by atoms with Crippen LogP contribution in [0.3, 0.4) is 0 Å². The first kappa shape index (κ1) is 16.8. The van der Waals surface area contributed by atoms with Gasteiger partial charge in [-0.3, -0.25) is 14.9 Å². The van der Waals surface area contributed by atoms with Gasteiger partial charge in [-0.15, -0.1) is 11.3 Å². The zero-order valence-corrected chi connectivity index (χ0v) is 13.9. The summed E-state index contributed by atoms with van der Waals surface area (Å²) in [6.07, 6.45) is 0. The van der Waals surface area contributed by atoms with E-state index in [2.05, 4.69) is 10.3 Å². The molecule has 6 nitrogen and oxygen atoms in total. The van der Waals surface area contributed by atoms with Gasteiger partial charge in [0.05, 0.1) is 0 Å². The largest absolute Gasteiger partial charge is 0.486 e. The van der Waals surface area contributed by atoms with Crippen LogP contribution in [0.25, 0.3) is 0 Å². The monoisotopic (exact) mass is 360 g/mol. The summed E-state index contributed by atoms with van der Waals surface area (Å²) in [5.41, 5.74) is 0.299. The molecule has 0 aliphatic carbocycles. The number of hydrogen-bond donors (Lipinski definition) is 1. The van der Waals surface area contributed by atoms with Crippen LogP contribution in [0.2, 0.25) is 0 Å². The predicted molar refractivity (Wildman–Crippen MR) is 89.5 cm³/mol. The second-order valence-corrected chi connectivity index (χ2v) is 5.91. The summed E-state index contributed by atoms with van der Waals surface area (Å²) in [5, 5.41) is 4.45. The number of nitrogens with zero attached hydrogens (tertiary/aromatic N) is 1. The summed E-state index contributed by atoms with van der Waals surface area (Å²) < 4.78 is 23.7. The molecule has 0 aliphatic rings. The minimum Gasteiger partial charge on any atom is -0.486 e. The number of ketones is 1. The number of amides is 1. The van der Waals surface area contributed by atoms with Gasteiger partial charge in [0.25, 0.3) is 5.91 Å². The molecular weight excluding hydrogens is 347 g/mol. The Kier molecular flexibility index (Phi) is 4.90. The highest BCUT2D eigenvalue weighted by atomic mass is 32.1. The molecule has 2 heterocycles. The van der Waals surface area contributed by atoms with Crippen LogP contribution in [-0.2, 0) is 6.61 Å². The Morgan fingerprint density at radius 2 is 2.00 bits per heavy atom. The van der Waals surface area contributed by atoms with Crippen LogP contribution >= 0.6 is 11.3 Å². The van der Waals surface area contributed by atoms with E-state index < -0.39 is 5.91 Å². The van der Waals surface area contributed by atoms with E-state index in [0.29, 0.717) is 22.3 Å². The van der Waals surface area contributed by atoms with Crippen LogP contribution < -0.4 is 10.1 Å². The van der Waals surface area contributed by atoms with Gasteiger partial charge in [0, 0.05) is 12.3 Å². The molecule has 128 valence electrons. The number of furan rings is 1. The number of hydrogen-bond acceptors (Lipinski definition) is 6. The van der Waals surface area contributed by atoms with Crippen LogP contribution in [0, 0.1) is 5.82 Å². The first-order valence-corrected chi connectivity index (χ1v) is 8.14. The fourth-order valence-electron chi connectivity index (χ4n) is 1.91. The Bertz CT molecular complexity index is 902. The van der Waals surface area contributed by atoms with Gasteiger partial charge in [-0.2, -0.15) is 0 Å². The third-order valence-corrected chi connectivity index (χ3v) is 3.92. The van der Waals surface area contributed by atoms with E-state index in [1.54, 1.807) is 11.4 Å². The third-order valence-electron chi connectivity index (χ3n) is 3.17. The molecule has 0 fully saturated rings. The first-order valence-electron chi connectivity index (χ1n) is 7.26. The zero-order valence-electron chi connectivity index (χ0n) is 13.1. The van der Waals surface area contributed by atoms with Crippen molar-refractivity contribution < 1.29 is 23.1 Å². The molecule has 0 aliphatic heterocycles. The van der Waals surface area contributed by atoms with Crippen LogP contribution in [0.5, 0.6) is 5.75 Å². The quantitative estimate of drug-likeness (QED) is 0.674. The number of halogens is 1. The lowest BCUT2D eigenvalue weighted by Gasteiger charge is -2.03. The summed E-state index contributed by atoms with van der Waals surface area (Å²) in [7, 11) is 0. The van der Waals surface area contributed by atoms with Gasteiger partial charge in [-0.1, -0.05) is 0 Å². The smallest absolute Gasteiger partial charge is 0.293 e. The van der Waals surface area contributed by atoms with Crippen molar-refractivity contribution in [2.45, 2.75) is 13.5 Å². The van der Waals surface area contributed by atoms with Crippen LogP contribution in [0.15, 0.2) is 46.2 Å². The molecule has 8 heteroatoms. The predicted octanol–water partition coefficient (Wildman–Crippen LogP) is 3.91.